The maximum atomic E-state index is 14.2. The molecule has 0 saturated heterocycles. The molecule has 2 aromatic carbocycles. The Hall–Kier alpha value is -3.33. The van der Waals surface area contributed by atoms with Gasteiger partial charge in [0.05, 0.1) is 19.6 Å². The van der Waals surface area contributed by atoms with Gasteiger partial charge in [-0.3, -0.25) is 4.79 Å². The number of Topliss-reactive ketones (excluding diaryl/α,β-unsaturated/α-hetero) is 1. The Morgan fingerprint density at radius 3 is 2.31 bits per heavy atom. The molecule has 9 heteroatoms. The van der Waals surface area contributed by atoms with Gasteiger partial charge in [-0.15, -0.1) is 0 Å². The van der Waals surface area contributed by atoms with Gasteiger partial charge in [0.15, 0.2) is 11.5 Å². The molecular formula is C27H29F3O6. The SMILES string of the molecule is COc1ccc(/C=C/C[C@]2(C)C(=O)CC[C@@H]2OC(=O)[C@@](OC)(c2ccccc2)C(F)(F)F)cc1OC. The fourth-order valence-corrected chi connectivity index (χ4v) is 4.48. The number of carbonyl (C=O) groups excluding carboxylic acids is 2. The minimum atomic E-state index is -5.09. The minimum Gasteiger partial charge on any atom is -0.493 e. The van der Waals surface area contributed by atoms with E-state index in [2.05, 4.69) is 0 Å². The Labute approximate surface area is 208 Å². The Morgan fingerprint density at radius 1 is 1.06 bits per heavy atom. The molecule has 6 nitrogen and oxygen atoms in total. The zero-order valence-electron chi connectivity index (χ0n) is 20.6. The van der Waals surface area contributed by atoms with Gasteiger partial charge < -0.3 is 18.9 Å². The van der Waals surface area contributed by atoms with Crippen LogP contribution in [-0.2, 0) is 24.7 Å². The lowest BCUT2D eigenvalue weighted by molar-refractivity contribution is -0.279. The van der Waals surface area contributed by atoms with Crippen molar-refractivity contribution in [1.82, 2.24) is 0 Å². The van der Waals surface area contributed by atoms with Gasteiger partial charge in [-0.05, 0) is 37.5 Å². The van der Waals surface area contributed by atoms with Crippen LogP contribution in [0, 0.1) is 5.41 Å². The summed E-state index contributed by atoms with van der Waals surface area (Å²) in [5, 5.41) is 0. The van der Waals surface area contributed by atoms with Crippen LogP contribution in [0.1, 0.15) is 37.3 Å². The fraction of sp³-hybridized carbons (Fsp3) is 0.407. The van der Waals surface area contributed by atoms with Gasteiger partial charge in [0.2, 0.25) is 0 Å². The molecule has 3 rings (SSSR count). The second kappa shape index (κ2) is 10.7. The van der Waals surface area contributed by atoms with Crippen molar-refractivity contribution >= 4 is 17.8 Å². The highest BCUT2D eigenvalue weighted by Gasteiger charge is 2.65. The summed E-state index contributed by atoms with van der Waals surface area (Å²) in [4.78, 5) is 25.9. The third kappa shape index (κ3) is 4.97. The molecule has 0 heterocycles. The van der Waals surface area contributed by atoms with E-state index < -0.39 is 34.8 Å². The van der Waals surface area contributed by atoms with E-state index in [0.717, 1.165) is 24.8 Å². The average molecular weight is 507 g/mol. The number of alkyl halides is 3. The highest BCUT2D eigenvalue weighted by Crippen LogP contribution is 2.46. The fourth-order valence-electron chi connectivity index (χ4n) is 4.48. The van der Waals surface area contributed by atoms with Crippen molar-refractivity contribution in [3.8, 4) is 11.5 Å². The van der Waals surface area contributed by atoms with Gasteiger partial charge in [-0.25, -0.2) is 4.79 Å². The molecule has 1 saturated carbocycles. The number of halogens is 3. The number of ether oxygens (including phenoxy) is 4. The van der Waals surface area contributed by atoms with Crippen LogP contribution in [-0.4, -0.2) is 45.4 Å². The van der Waals surface area contributed by atoms with Crippen LogP contribution in [0.2, 0.25) is 0 Å². The monoisotopic (exact) mass is 506 g/mol. The number of rotatable bonds is 9. The van der Waals surface area contributed by atoms with E-state index in [9.17, 15) is 22.8 Å². The van der Waals surface area contributed by atoms with Crippen molar-refractivity contribution in [2.45, 2.75) is 44.1 Å². The van der Waals surface area contributed by atoms with Crippen LogP contribution < -0.4 is 9.47 Å². The summed E-state index contributed by atoms with van der Waals surface area (Å²) >= 11 is 0. The molecule has 194 valence electrons. The summed E-state index contributed by atoms with van der Waals surface area (Å²) in [6, 6.07) is 11.9. The summed E-state index contributed by atoms with van der Waals surface area (Å²) < 4.78 is 63.5. The largest absolute Gasteiger partial charge is 0.493 e. The van der Waals surface area contributed by atoms with Gasteiger partial charge in [0.1, 0.15) is 11.9 Å². The molecule has 0 aliphatic heterocycles. The third-order valence-electron chi connectivity index (χ3n) is 6.66. The lowest BCUT2D eigenvalue weighted by Gasteiger charge is -2.36. The number of hydrogen-bond acceptors (Lipinski definition) is 6. The molecule has 0 amide bonds. The first-order valence-corrected chi connectivity index (χ1v) is 11.3. The van der Waals surface area contributed by atoms with Crippen molar-refractivity contribution < 1.29 is 41.7 Å². The van der Waals surface area contributed by atoms with E-state index >= 15 is 0 Å². The van der Waals surface area contributed by atoms with E-state index in [1.807, 2.05) is 0 Å². The van der Waals surface area contributed by atoms with Crippen LogP contribution in [0.3, 0.4) is 0 Å². The summed E-state index contributed by atoms with van der Waals surface area (Å²) in [5.74, 6) is -0.701. The van der Waals surface area contributed by atoms with Gasteiger partial charge in [-0.2, -0.15) is 13.2 Å². The molecule has 0 radical (unpaired) electrons. The Balaban J connectivity index is 1.85. The summed E-state index contributed by atoms with van der Waals surface area (Å²) in [6.07, 6.45) is -2.27. The summed E-state index contributed by atoms with van der Waals surface area (Å²) in [6.45, 7) is 1.60. The number of ketones is 1. The second-order valence-electron chi connectivity index (χ2n) is 8.74. The first-order valence-electron chi connectivity index (χ1n) is 11.3. The van der Waals surface area contributed by atoms with Crippen LogP contribution in [0.25, 0.3) is 6.08 Å². The lowest BCUT2D eigenvalue weighted by atomic mass is 9.81. The highest BCUT2D eigenvalue weighted by atomic mass is 19.4. The maximum absolute atomic E-state index is 14.2. The van der Waals surface area contributed by atoms with Crippen molar-refractivity contribution in [1.29, 1.82) is 0 Å². The summed E-state index contributed by atoms with van der Waals surface area (Å²) in [7, 11) is 3.85. The number of allylic oxidation sites excluding steroid dienone is 1. The van der Waals surface area contributed by atoms with Crippen molar-refractivity contribution in [3.05, 3.63) is 65.7 Å². The topological polar surface area (TPSA) is 71.1 Å². The van der Waals surface area contributed by atoms with Gasteiger partial charge in [-0.1, -0.05) is 48.6 Å². The molecule has 0 N–H and O–H groups in total. The van der Waals surface area contributed by atoms with Crippen LogP contribution in [0.15, 0.2) is 54.6 Å². The quantitative estimate of drug-likeness (QED) is 0.419. The third-order valence-corrected chi connectivity index (χ3v) is 6.66. The number of hydrogen-bond donors (Lipinski definition) is 0. The Morgan fingerprint density at radius 2 is 1.72 bits per heavy atom. The van der Waals surface area contributed by atoms with Crippen LogP contribution >= 0.6 is 0 Å². The predicted octanol–water partition coefficient (Wildman–Crippen LogP) is 5.49. The Kier molecular flexibility index (Phi) is 8.13. The van der Waals surface area contributed by atoms with Gasteiger partial charge >= 0.3 is 12.1 Å². The maximum Gasteiger partial charge on any atom is 0.432 e. The summed E-state index contributed by atoms with van der Waals surface area (Å²) in [5.41, 5.74) is -4.12. The molecule has 1 aliphatic carbocycles. The van der Waals surface area contributed by atoms with Crippen molar-refractivity contribution in [3.63, 3.8) is 0 Å². The van der Waals surface area contributed by atoms with E-state index in [0.29, 0.717) is 11.5 Å². The van der Waals surface area contributed by atoms with Crippen molar-refractivity contribution in [2.75, 3.05) is 21.3 Å². The molecule has 1 fully saturated rings. The lowest BCUT2D eigenvalue weighted by Crippen LogP contribution is -2.53. The van der Waals surface area contributed by atoms with E-state index in [4.69, 9.17) is 18.9 Å². The van der Waals surface area contributed by atoms with Gasteiger partial charge in [0.25, 0.3) is 5.60 Å². The first-order chi connectivity index (χ1) is 17.0. The predicted molar refractivity (Wildman–Crippen MR) is 127 cm³/mol. The highest BCUT2D eigenvalue weighted by molar-refractivity contribution is 5.89. The number of carbonyl (C=O) groups is 2. The van der Waals surface area contributed by atoms with Gasteiger partial charge in [0, 0.05) is 19.1 Å². The number of methoxy groups -OCH3 is 3. The average Bonchev–Trinajstić information content (AvgIpc) is 3.12. The first kappa shape index (κ1) is 27.3. The molecule has 36 heavy (non-hydrogen) atoms. The zero-order chi connectivity index (χ0) is 26.6. The molecule has 3 atom stereocenters. The molecule has 0 aromatic heterocycles. The molecule has 1 aliphatic rings. The molecule has 0 bridgehead atoms. The van der Waals surface area contributed by atoms with Crippen LogP contribution in [0.4, 0.5) is 13.2 Å². The smallest absolute Gasteiger partial charge is 0.432 e. The molecule has 0 unspecified atom stereocenters. The minimum absolute atomic E-state index is 0.0932. The van der Waals surface area contributed by atoms with E-state index in [1.54, 1.807) is 37.3 Å². The zero-order valence-corrected chi connectivity index (χ0v) is 20.6. The second-order valence-corrected chi connectivity index (χ2v) is 8.74. The Bertz CT molecular complexity index is 1110. The number of esters is 1. The molecular weight excluding hydrogens is 477 g/mol. The standard InChI is InChI=1S/C27H29F3O6/c1-25(16-8-9-18-12-13-20(33-2)21(17-18)34-3)22(31)14-15-23(25)36-24(32)26(35-4,27(28,29)30)19-10-6-5-7-11-19/h5-13,17,23H,14-16H2,1-4H3/b9-8+/t23-,25+,26-/m0/s1. The normalized spacial score (nSPS) is 21.9. The van der Waals surface area contributed by atoms with Crippen molar-refractivity contribution in [2.24, 2.45) is 5.41 Å². The molecule has 2 aromatic rings. The molecule has 0 spiro atoms. The number of benzene rings is 2. The van der Waals surface area contributed by atoms with E-state index in [1.165, 1.54) is 32.4 Å². The van der Waals surface area contributed by atoms with Crippen LogP contribution in [0.5, 0.6) is 11.5 Å². The van der Waals surface area contributed by atoms with E-state index in [-0.39, 0.29) is 25.0 Å².